The van der Waals surface area contributed by atoms with E-state index in [1.807, 2.05) is 29.2 Å². The lowest BCUT2D eigenvalue weighted by molar-refractivity contribution is -0.127. The number of likely N-dealkylation sites (tertiary alicyclic amines) is 1. The molecule has 0 aromatic heterocycles. The Morgan fingerprint density at radius 1 is 1.16 bits per heavy atom. The number of amides is 2. The van der Waals surface area contributed by atoms with Crippen molar-refractivity contribution in [2.75, 3.05) is 31.9 Å². The van der Waals surface area contributed by atoms with Crippen LogP contribution in [0.25, 0.3) is 0 Å². The molecule has 0 aliphatic carbocycles. The normalized spacial score (nSPS) is 17.8. The zero-order valence-electron chi connectivity index (χ0n) is 14.3. The van der Waals surface area contributed by atoms with E-state index in [1.54, 1.807) is 0 Å². The first-order valence-corrected chi connectivity index (χ1v) is 9.74. The molecule has 2 aliphatic heterocycles. The summed E-state index contributed by atoms with van der Waals surface area (Å²) in [5.74, 6) is 0.544. The minimum atomic E-state index is -0.0291. The molecule has 0 atom stereocenters. The highest BCUT2D eigenvalue weighted by Crippen LogP contribution is 2.24. The van der Waals surface area contributed by atoms with Crippen LogP contribution in [0.1, 0.15) is 36.0 Å². The summed E-state index contributed by atoms with van der Waals surface area (Å²) in [6.07, 6.45) is 4.14. The van der Waals surface area contributed by atoms with E-state index in [1.165, 1.54) is 11.8 Å². The number of nitrogens with one attached hydrogen (secondary N) is 2. The Morgan fingerprint density at radius 2 is 1.84 bits per heavy atom. The van der Waals surface area contributed by atoms with E-state index in [2.05, 4.69) is 10.6 Å². The van der Waals surface area contributed by atoms with Crippen molar-refractivity contribution in [3.8, 4) is 0 Å². The Balaban J connectivity index is 0.00000225. The van der Waals surface area contributed by atoms with Gasteiger partial charge in [-0.1, -0.05) is 12.1 Å². The highest BCUT2D eigenvalue weighted by Gasteiger charge is 2.21. The molecule has 1 aromatic carbocycles. The third kappa shape index (κ3) is 5.62. The standard InChI is InChI=1S/C18H25N3O2S.ClH/c22-17(21-11-3-4-12-21)13-24-16-6-2-1-5-15(16)18(23)20-14-7-9-19-10-8-14;/h1-2,5-6,14,19H,3-4,7-13H2,(H,20,23);1H. The summed E-state index contributed by atoms with van der Waals surface area (Å²) in [5.41, 5.74) is 0.676. The van der Waals surface area contributed by atoms with E-state index in [-0.39, 0.29) is 30.3 Å². The number of hydrogen-bond acceptors (Lipinski definition) is 4. The summed E-state index contributed by atoms with van der Waals surface area (Å²) in [5, 5.41) is 6.43. The lowest BCUT2D eigenvalue weighted by Gasteiger charge is -2.24. The minimum Gasteiger partial charge on any atom is -0.349 e. The summed E-state index contributed by atoms with van der Waals surface area (Å²) in [7, 11) is 0. The SMILES string of the molecule is Cl.O=C(NC1CCNCC1)c1ccccc1SCC(=O)N1CCCC1. The number of rotatable bonds is 5. The fraction of sp³-hybridized carbons (Fsp3) is 0.556. The van der Waals surface area contributed by atoms with Crippen molar-refractivity contribution in [3.63, 3.8) is 0 Å². The molecule has 0 radical (unpaired) electrons. The van der Waals surface area contributed by atoms with E-state index < -0.39 is 0 Å². The molecule has 2 N–H and O–H groups in total. The number of benzene rings is 1. The zero-order valence-corrected chi connectivity index (χ0v) is 16.0. The number of halogens is 1. The van der Waals surface area contributed by atoms with Crippen LogP contribution in [0.2, 0.25) is 0 Å². The predicted octanol–water partition coefficient (Wildman–Crippen LogP) is 2.30. The Kier molecular flexibility index (Phi) is 8.06. The number of hydrogen-bond donors (Lipinski definition) is 2. The summed E-state index contributed by atoms with van der Waals surface area (Å²) in [4.78, 5) is 27.6. The van der Waals surface area contributed by atoms with Crippen molar-refractivity contribution in [2.45, 2.75) is 36.6 Å². The van der Waals surface area contributed by atoms with E-state index in [0.717, 1.165) is 56.8 Å². The van der Waals surface area contributed by atoms with Crippen LogP contribution in [0.3, 0.4) is 0 Å². The molecule has 7 heteroatoms. The monoisotopic (exact) mass is 383 g/mol. The van der Waals surface area contributed by atoms with Gasteiger partial charge in [-0.2, -0.15) is 0 Å². The summed E-state index contributed by atoms with van der Waals surface area (Å²) < 4.78 is 0. The first kappa shape index (κ1) is 20.1. The Labute approximate surface area is 159 Å². The predicted molar refractivity (Wildman–Crippen MR) is 104 cm³/mol. The van der Waals surface area contributed by atoms with Crippen LogP contribution in [0.4, 0.5) is 0 Å². The molecule has 0 spiro atoms. The van der Waals surface area contributed by atoms with Gasteiger partial charge >= 0.3 is 0 Å². The van der Waals surface area contributed by atoms with Gasteiger partial charge in [0.1, 0.15) is 0 Å². The Hall–Kier alpha value is -1.24. The van der Waals surface area contributed by atoms with Crippen molar-refractivity contribution in [3.05, 3.63) is 29.8 Å². The second-order valence-electron chi connectivity index (χ2n) is 6.37. The fourth-order valence-electron chi connectivity index (χ4n) is 3.21. The third-order valence-corrected chi connectivity index (χ3v) is 5.67. The third-order valence-electron chi connectivity index (χ3n) is 4.62. The highest BCUT2D eigenvalue weighted by atomic mass is 35.5. The van der Waals surface area contributed by atoms with Gasteiger partial charge in [0, 0.05) is 24.0 Å². The van der Waals surface area contributed by atoms with Crippen LogP contribution in [-0.2, 0) is 4.79 Å². The molecule has 2 amide bonds. The van der Waals surface area contributed by atoms with Crippen LogP contribution in [0.15, 0.2) is 29.2 Å². The van der Waals surface area contributed by atoms with E-state index >= 15 is 0 Å². The van der Waals surface area contributed by atoms with Gasteiger partial charge in [0.2, 0.25) is 5.91 Å². The van der Waals surface area contributed by atoms with Gasteiger partial charge in [0.15, 0.2) is 0 Å². The molecule has 1 aromatic rings. The summed E-state index contributed by atoms with van der Waals surface area (Å²) in [6, 6.07) is 7.81. The van der Waals surface area contributed by atoms with E-state index in [9.17, 15) is 9.59 Å². The largest absolute Gasteiger partial charge is 0.349 e. The van der Waals surface area contributed by atoms with Crippen LogP contribution in [-0.4, -0.2) is 54.7 Å². The van der Waals surface area contributed by atoms with Crippen LogP contribution >= 0.6 is 24.2 Å². The van der Waals surface area contributed by atoms with Gasteiger partial charge < -0.3 is 15.5 Å². The maximum absolute atomic E-state index is 12.6. The molecule has 5 nitrogen and oxygen atoms in total. The van der Waals surface area contributed by atoms with Gasteiger partial charge in [-0.25, -0.2) is 0 Å². The number of carbonyl (C=O) groups excluding carboxylic acids is 2. The molecular weight excluding hydrogens is 358 g/mol. The number of piperidine rings is 1. The number of nitrogens with zero attached hydrogens (tertiary/aromatic N) is 1. The molecule has 3 rings (SSSR count). The maximum Gasteiger partial charge on any atom is 0.252 e. The van der Waals surface area contributed by atoms with E-state index in [4.69, 9.17) is 0 Å². The lowest BCUT2D eigenvalue weighted by atomic mass is 10.1. The quantitative estimate of drug-likeness (QED) is 0.766. The molecule has 0 unspecified atom stereocenters. The zero-order chi connectivity index (χ0) is 16.8. The molecule has 2 fully saturated rings. The smallest absolute Gasteiger partial charge is 0.252 e. The van der Waals surface area contributed by atoms with Crippen LogP contribution in [0, 0.1) is 0 Å². The maximum atomic E-state index is 12.6. The second kappa shape index (κ2) is 10.0. The van der Waals surface area contributed by atoms with Crippen molar-refractivity contribution >= 4 is 36.0 Å². The number of carbonyl (C=O) groups is 2. The number of thioether (sulfide) groups is 1. The van der Waals surface area contributed by atoms with Gasteiger partial charge in [0.25, 0.3) is 5.91 Å². The summed E-state index contributed by atoms with van der Waals surface area (Å²) in [6.45, 7) is 3.64. The van der Waals surface area contributed by atoms with Crippen molar-refractivity contribution in [2.24, 2.45) is 0 Å². The molecule has 2 heterocycles. The van der Waals surface area contributed by atoms with Crippen molar-refractivity contribution < 1.29 is 9.59 Å². The average Bonchev–Trinajstić information content (AvgIpc) is 3.15. The Bertz CT molecular complexity index is 587. The van der Waals surface area contributed by atoms with Crippen LogP contribution in [0.5, 0.6) is 0 Å². The molecule has 0 bridgehead atoms. The Morgan fingerprint density at radius 3 is 2.56 bits per heavy atom. The van der Waals surface area contributed by atoms with Crippen molar-refractivity contribution in [1.29, 1.82) is 0 Å². The van der Waals surface area contributed by atoms with Gasteiger partial charge in [-0.3, -0.25) is 9.59 Å². The molecule has 138 valence electrons. The topological polar surface area (TPSA) is 61.4 Å². The van der Waals surface area contributed by atoms with Gasteiger partial charge in [-0.05, 0) is 50.9 Å². The van der Waals surface area contributed by atoms with Gasteiger partial charge in [0.05, 0.1) is 11.3 Å². The highest BCUT2D eigenvalue weighted by molar-refractivity contribution is 8.00. The minimum absolute atomic E-state index is 0. The van der Waals surface area contributed by atoms with Gasteiger partial charge in [-0.15, -0.1) is 24.2 Å². The first-order chi connectivity index (χ1) is 11.7. The molecular formula is C18H26ClN3O2S. The van der Waals surface area contributed by atoms with E-state index in [0.29, 0.717) is 11.3 Å². The molecule has 25 heavy (non-hydrogen) atoms. The van der Waals surface area contributed by atoms with Crippen LogP contribution < -0.4 is 10.6 Å². The van der Waals surface area contributed by atoms with Crippen molar-refractivity contribution in [1.82, 2.24) is 15.5 Å². The fourth-order valence-corrected chi connectivity index (χ4v) is 4.16. The second-order valence-corrected chi connectivity index (χ2v) is 7.39. The molecule has 0 saturated carbocycles. The first-order valence-electron chi connectivity index (χ1n) is 8.75. The molecule has 2 aliphatic rings. The average molecular weight is 384 g/mol. The summed E-state index contributed by atoms with van der Waals surface area (Å²) >= 11 is 1.47. The lowest BCUT2D eigenvalue weighted by Crippen LogP contribution is -2.42. The molecule has 2 saturated heterocycles.